The van der Waals surface area contributed by atoms with Crippen LogP contribution in [0.2, 0.25) is 0 Å². The van der Waals surface area contributed by atoms with E-state index in [9.17, 15) is 14.4 Å². The third-order valence-corrected chi connectivity index (χ3v) is 4.98. The third-order valence-electron chi connectivity index (χ3n) is 4.98. The van der Waals surface area contributed by atoms with Crippen molar-refractivity contribution >= 4 is 17.8 Å². The minimum Gasteiger partial charge on any atom is -0.465 e. The van der Waals surface area contributed by atoms with E-state index >= 15 is 0 Å². The number of nitrogens with zero attached hydrogens (tertiary/aromatic N) is 1. The number of imide groups is 1. The average molecular weight is 330 g/mol. The molecular formula is C18H22N2O4. The highest BCUT2D eigenvalue weighted by molar-refractivity contribution is 5.99. The van der Waals surface area contributed by atoms with Crippen LogP contribution in [0.3, 0.4) is 0 Å². The number of benzene rings is 1. The van der Waals surface area contributed by atoms with Gasteiger partial charge in [0, 0.05) is 19.5 Å². The number of rotatable bonds is 3. The maximum atomic E-state index is 12.4. The van der Waals surface area contributed by atoms with Crippen LogP contribution in [0.1, 0.15) is 41.6 Å². The molecule has 0 radical (unpaired) electrons. The molecular weight excluding hydrogens is 308 g/mol. The van der Waals surface area contributed by atoms with Crippen LogP contribution in [0, 0.1) is 5.41 Å². The van der Waals surface area contributed by atoms with Gasteiger partial charge in [-0.3, -0.25) is 19.8 Å². The Kier molecular flexibility index (Phi) is 4.66. The summed E-state index contributed by atoms with van der Waals surface area (Å²) in [4.78, 5) is 37.8. The van der Waals surface area contributed by atoms with Gasteiger partial charge in [-0.25, -0.2) is 4.79 Å². The minimum absolute atomic E-state index is 0.129. The lowest BCUT2D eigenvalue weighted by atomic mass is 9.82. The summed E-state index contributed by atoms with van der Waals surface area (Å²) >= 11 is 0. The van der Waals surface area contributed by atoms with E-state index in [0.717, 1.165) is 31.4 Å². The van der Waals surface area contributed by atoms with Gasteiger partial charge in [-0.15, -0.1) is 0 Å². The Morgan fingerprint density at radius 2 is 2.17 bits per heavy atom. The first-order valence-corrected chi connectivity index (χ1v) is 8.26. The highest BCUT2D eigenvalue weighted by Crippen LogP contribution is 2.38. The second-order valence-electron chi connectivity index (χ2n) is 6.66. The third kappa shape index (κ3) is 3.33. The molecule has 6 nitrogen and oxygen atoms in total. The molecule has 1 unspecified atom stereocenters. The number of methoxy groups -OCH3 is 1. The zero-order valence-electron chi connectivity index (χ0n) is 13.8. The quantitative estimate of drug-likeness (QED) is 0.671. The summed E-state index contributed by atoms with van der Waals surface area (Å²) in [6, 6.07) is 7.36. The molecule has 2 amide bonds. The Balaban J connectivity index is 1.69. The van der Waals surface area contributed by atoms with Crippen molar-refractivity contribution in [2.24, 2.45) is 5.41 Å². The molecule has 1 aromatic carbocycles. The van der Waals surface area contributed by atoms with Crippen molar-refractivity contribution in [3.05, 3.63) is 35.4 Å². The SMILES string of the molecule is COC(=O)c1cccc(CN2CCC3(CCCC(=O)NC3=O)C2)c1. The van der Waals surface area contributed by atoms with Crippen LogP contribution in [-0.4, -0.2) is 42.9 Å². The van der Waals surface area contributed by atoms with Gasteiger partial charge in [0.1, 0.15) is 0 Å². The van der Waals surface area contributed by atoms with E-state index in [1.54, 1.807) is 6.07 Å². The summed E-state index contributed by atoms with van der Waals surface area (Å²) < 4.78 is 4.75. The molecule has 24 heavy (non-hydrogen) atoms. The molecule has 1 atom stereocenters. The maximum Gasteiger partial charge on any atom is 0.337 e. The number of likely N-dealkylation sites (tertiary alicyclic amines) is 1. The Morgan fingerprint density at radius 1 is 1.33 bits per heavy atom. The summed E-state index contributed by atoms with van der Waals surface area (Å²) in [7, 11) is 1.37. The van der Waals surface area contributed by atoms with Gasteiger partial charge in [0.25, 0.3) is 0 Å². The molecule has 0 aliphatic carbocycles. The van der Waals surface area contributed by atoms with E-state index < -0.39 is 5.41 Å². The lowest BCUT2D eigenvalue weighted by Crippen LogP contribution is -2.43. The van der Waals surface area contributed by atoms with Crippen LogP contribution in [0.5, 0.6) is 0 Å². The number of carbonyl (C=O) groups is 3. The molecule has 128 valence electrons. The molecule has 2 aliphatic rings. The van der Waals surface area contributed by atoms with Gasteiger partial charge in [0.05, 0.1) is 18.1 Å². The Labute approximate surface area is 141 Å². The van der Waals surface area contributed by atoms with Crippen molar-refractivity contribution < 1.29 is 19.1 Å². The van der Waals surface area contributed by atoms with Crippen LogP contribution < -0.4 is 5.32 Å². The number of ether oxygens (including phenoxy) is 1. The van der Waals surface area contributed by atoms with Gasteiger partial charge < -0.3 is 4.74 Å². The average Bonchev–Trinajstić information content (AvgIpc) is 2.92. The summed E-state index contributed by atoms with van der Waals surface area (Å²) in [6.07, 6.45) is 2.70. The van der Waals surface area contributed by atoms with Gasteiger partial charge in [0.15, 0.2) is 0 Å². The number of hydrogen-bond donors (Lipinski definition) is 1. The number of hydrogen-bond acceptors (Lipinski definition) is 5. The van der Waals surface area contributed by atoms with Crippen molar-refractivity contribution in [2.75, 3.05) is 20.2 Å². The number of esters is 1. The van der Waals surface area contributed by atoms with E-state index in [4.69, 9.17) is 4.74 Å². The van der Waals surface area contributed by atoms with Gasteiger partial charge in [-0.2, -0.15) is 0 Å². The van der Waals surface area contributed by atoms with Gasteiger partial charge in [-0.05, 0) is 43.5 Å². The van der Waals surface area contributed by atoms with Gasteiger partial charge in [-0.1, -0.05) is 12.1 Å². The number of nitrogens with one attached hydrogen (secondary N) is 1. The van der Waals surface area contributed by atoms with Crippen molar-refractivity contribution in [3.8, 4) is 0 Å². The van der Waals surface area contributed by atoms with E-state index in [0.29, 0.717) is 25.1 Å². The van der Waals surface area contributed by atoms with E-state index in [1.807, 2.05) is 18.2 Å². The second kappa shape index (κ2) is 6.73. The van der Waals surface area contributed by atoms with Crippen molar-refractivity contribution in [3.63, 3.8) is 0 Å². The molecule has 2 fully saturated rings. The summed E-state index contributed by atoms with van der Waals surface area (Å²) in [6.45, 7) is 2.13. The van der Waals surface area contributed by atoms with Crippen molar-refractivity contribution in [2.45, 2.75) is 32.2 Å². The number of amides is 2. The largest absolute Gasteiger partial charge is 0.465 e. The van der Waals surface area contributed by atoms with Crippen molar-refractivity contribution in [1.29, 1.82) is 0 Å². The van der Waals surface area contributed by atoms with E-state index in [1.165, 1.54) is 7.11 Å². The van der Waals surface area contributed by atoms with Crippen molar-refractivity contribution in [1.82, 2.24) is 10.2 Å². The normalized spacial score (nSPS) is 24.7. The van der Waals surface area contributed by atoms with Crippen LogP contribution in [0.25, 0.3) is 0 Å². The lowest BCUT2D eigenvalue weighted by Gasteiger charge is -2.25. The molecule has 1 aromatic rings. The summed E-state index contributed by atoms with van der Waals surface area (Å²) in [5.74, 6) is -0.645. The minimum atomic E-state index is -0.452. The van der Waals surface area contributed by atoms with Crippen LogP contribution in [-0.2, 0) is 20.9 Å². The van der Waals surface area contributed by atoms with E-state index in [-0.39, 0.29) is 17.8 Å². The summed E-state index contributed by atoms with van der Waals surface area (Å²) in [5, 5.41) is 2.52. The molecule has 0 bridgehead atoms. The zero-order chi connectivity index (χ0) is 17.2. The highest BCUT2D eigenvalue weighted by Gasteiger charge is 2.45. The first-order chi connectivity index (χ1) is 11.5. The fraction of sp³-hybridized carbons (Fsp3) is 0.500. The molecule has 1 N–H and O–H groups in total. The van der Waals surface area contributed by atoms with Gasteiger partial charge in [0.2, 0.25) is 11.8 Å². The predicted molar refractivity (Wildman–Crippen MR) is 87.1 cm³/mol. The first-order valence-electron chi connectivity index (χ1n) is 8.26. The molecule has 2 heterocycles. The van der Waals surface area contributed by atoms with Crippen LogP contribution in [0.4, 0.5) is 0 Å². The molecule has 1 spiro atoms. The predicted octanol–water partition coefficient (Wildman–Crippen LogP) is 1.49. The standard InChI is InChI=1S/C18H22N2O4/c1-24-16(22)14-5-2-4-13(10-14)11-20-9-8-18(12-20)7-3-6-15(21)19-17(18)23/h2,4-5,10H,3,6-9,11-12H2,1H3,(H,19,21,23). The maximum absolute atomic E-state index is 12.4. The number of carbonyl (C=O) groups excluding carboxylic acids is 3. The lowest BCUT2D eigenvalue weighted by molar-refractivity contribution is -0.135. The molecule has 3 rings (SSSR count). The zero-order valence-corrected chi connectivity index (χ0v) is 13.8. The first kappa shape index (κ1) is 16.6. The molecule has 6 heteroatoms. The Hall–Kier alpha value is -2.21. The Bertz CT molecular complexity index is 673. The fourth-order valence-corrected chi connectivity index (χ4v) is 3.68. The summed E-state index contributed by atoms with van der Waals surface area (Å²) in [5.41, 5.74) is 1.09. The van der Waals surface area contributed by atoms with Crippen LogP contribution >= 0.6 is 0 Å². The molecule has 0 aromatic heterocycles. The Morgan fingerprint density at radius 3 is 2.96 bits per heavy atom. The van der Waals surface area contributed by atoms with Gasteiger partial charge >= 0.3 is 5.97 Å². The topological polar surface area (TPSA) is 75.7 Å². The van der Waals surface area contributed by atoms with Crippen LogP contribution in [0.15, 0.2) is 24.3 Å². The highest BCUT2D eigenvalue weighted by atomic mass is 16.5. The molecule has 2 saturated heterocycles. The fourth-order valence-electron chi connectivity index (χ4n) is 3.68. The monoisotopic (exact) mass is 330 g/mol. The smallest absolute Gasteiger partial charge is 0.337 e. The second-order valence-corrected chi connectivity index (χ2v) is 6.66. The van der Waals surface area contributed by atoms with E-state index in [2.05, 4.69) is 10.2 Å². The molecule has 0 saturated carbocycles. The molecule has 2 aliphatic heterocycles.